The normalized spacial score (nSPS) is 19.6. The lowest BCUT2D eigenvalue weighted by Gasteiger charge is -2.37. The molecule has 0 aromatic heterocycles. The van der Waals surface area contributed by atoms with Crippen molar-refractivity contribution in [3.05, 3.63) is 34.3 Å². The number of carbonyl (C=O) groups excluding carboxylic acids is 1. The lowest BCUT2D eigenvalue weighted by atomic mass is 9.87. The summed E-state index contributed by atoms with van der Waals surface area (Å²) in [5.41, 5.74) is 2.41. The molecular formula is C15H20Cl2N2O. The van der Waals surface area contributed by atoms with E-state index in [0.717, 1.165) is 31.1 Å². The van der Waals surface area contributed by atoms with Gasteiger partial charge in [0, 0.05) is 24.0 Å². The summed E-state index contributed by atoms with van der Waals surface area (Å²) in [4.78, 5) is 14.5. The highest BCUT2D eigenvalue weighted by Crippen LogP contribution is 2.28. The van der Waals surface area contributed by atoms with Crippen LogP contribution in [0.25, 0.3) is 0 Å². The van der Waals surface area contributed by atoms with Crippen molar-refractivity contribution in [3.63, 3.8) is 0 Å². The molecule has 1 unspecified atom stereocenters. The zero-order chi connectivity index (χ0) is 13.4. The van der Waals surface area contributed by atoms with Crippen LogP contribution in [0.4, 0.5) is 0 Å². The van der Waals surface area contributed by atoms with Crippen LogP contribution in [0.3, 0.4) is 0 Å². The predicted octanol–water partition coefficient (Wildman–Crippen LogP) is 2.50. The van der Waals surface area contributed by atoms with Gasteiger partial charge in [-0.25, -0.2) is 0 Å². The topological polar surface area (TPSA) is 32.3 Å². The number of hydrogen-bond donors (Lipinski definition) is 1. The first-order valence-electron chi connectivity index (χ1n) is 6.92. The van der Waals surface area contributed by atoms with Gasteiger partial charge in [0.15, 0.2) is 0 Å². The fourth-order valence-corrected chi connectivity index (χ4v) is 3.19. The Kier molecular flexibility index (Phi) is 4.95. The standard InChI is InChI=1S/C15H19ClN2O.ClH/c1-10(12-7-17-8-12)15(19)18-6-5-13-11(9-18)3-2-4-14(13)16;/h2-4,10,12,17H,5-9H2,1H3;1H. The van der Waals surface area contributed by atoms with Crippen molar-refractivity contribution in [2.24, 2.45) is 11.8 Å². The van der Waals surface area contributed by atoms with Crippen LogP contribution in [-0.2, 0) is 17.8 Å². The van der Waals surface area contributed by atoms with E-state index < -0.39 is 0 Å². The average molecular weight is 315 g/mol. The second-order valence-electron chi connectivity index (χ2n) is 5.59. The third kappa shape index (κ3) is 2.80. The molecular weight excluding hydrogens is 295 g/mol. The number of carbonyl (C=O) groups is 1. The molecule has 2 aliphatic heterocycles. The van der Waals surface area contributed by atoms with E-state index >= 15 is 0 Å². The summed E-state index contributed by atoms with van der Waals surface area (Å²) in [7, 11) is 0. The molecule has 1 atom stereocenters. The average Bonchev–Trinajstić information content (AvgIpc) is 2.35. The number of nitrogens with zero attached hydrogens (tertiary/aromatic N) is 1. The minimum Gasteiger partial charge on any atom is -0.338 e. The maximum absolute atomic E-state index is 12.5. The molecule has 110 valence electrons. The van der Waals surface area contributed by atoms with Crippen LogP contribution >= 0.6 is 24.0 Å². The second kappa shape index (κ2) is 6.33. The van der Waals surface area contributed by atoms with Crippen molar-refractivity contribution < 1.29 is 4.79 Å². The molecule has 20 heavy (non-hydrogen) atoms. The molecule has 1 saturated heterocycles. The van der Waals surface area contributed by atoms with E-state index in [-0.39, 0.29) is 24.2 Å². The van der Waals surface area contributed by atoms with Crippen molar-refractivity contribution in [3.8, 4) is 0 Å². The lowest BCUT2D eigenvalue weighted by Crippen LogP contribution is -2.51. The first-order chi connectivity index (χ1) is 9.16. The Balaban J connectivity index is 0.00000147. The third-order valence-corrected chi connectivity index (χ3v) is 4.78. The maximum atomic E-state index is 12.5. The van der Waals surface area contributed by atoms with Crippen LogP contribution in [0.1, 0.15) is 18.1 Å². The number of fused-ring (bicyclic) bond motifs is 1. The van der Waals surface area contributed by atoms with Crippen molar-refractivity contribution in [2.45, 2.75) is 19.9 Å². The summed E-state index contributed by atoms with van der Waals surface area (Å²) >= 11 is 6.20. The predicted molar refractivity (Wildman–Crippen MR) is 83.3 cm³/mol. The van der Waals surface area contributed by atoms with E-state index in [4.69, 9.17) is 11.6 Å². The Labute approximate surface area is 131 Å². The molecule has 2 heterocycles. The van der Waals surface area contributed by atoms with Gasteiger partial charge < -0.3 is 10.2 Å². The molecule has 0 spiro atoms. The van der Waals surface area contributed by atoms with Crippen molar-refractivity contribution >= 4 is 29.9 Å². The molecule has 1 fully saturated rings. The molecule has 1 N–H and O–H groups in total. The van der Waals surface area contributed by atoms with E-state index in [0.29, 0.717) is 12.5 Å². The van der Waals surface area contributed by atoms with Gasteiger partial charge in [-0.1, -0.05) is 30.7 Å². The largest absolute Gasteiger partial charge is 0.338 e. The molecule has 3 rings (SSSR count). The van der Waals surface area contributed by atoms with E-state index in [1.54, 1.807) is 0 Å². The quantitative estimate of drug-likeness (QED) is 0.909. The number of halogens is 2. The summed E-state index contributed by atoms with van der Waals surface area (Å²) < 4.78 is 0. The van der Waals surface area contributed by atoms with Crippen LogP contribution in [-0.4, -0.2) is 30.4 Å². The highest BCUT2D eigenvalue weighted by atomic mass is 35.5. The molecule has 0 saturated carbocycles. The smallest absolute Gasteiger partial charge is 0.226 e. The van der Waals surface area contributed by atoms with Gasteiger partial charge in [0.2, 0.25) is 5.91 Å². The van der Waals surface area contributed by atoms with E-state index in [2.05, 4.69) is 18.3 Å². The third-order valence-electron chi connectivity index (χ3n) is 4.43. The van der Waals surface area contributed by atoms with Crippen LogP contribution in [0, 0.1) is 11.8 Å². The molecule has 0 aliphatic carbocycles. The van der Waals surface area contributed by atoms with Crippen molar-refractivity contribution in [1.82, 2.24) is 10.2 Å². The van der Waals surface area contributed by atoms with Gasteiger partial charge in [0.05, 0.1) is 0 Å². The van der Waals surface area contributed by atoms with Crippen LogP contribution in [0.15, 0.2) is 18.2 Å². The summed E-state index contributed by atoms with van der Waals surface area (Å²) in [6, 6.07) is 5.98. The van der Waals surface area contributed by atoms with Crippen LogP contribution < -0.4 is 5.32 Å². The summed E-state index contributed by atoms with van der Waals surface area (Å²) in [6.07, 6.45) is 0.871. The van der Waals surface area contributed by atoms with Gasteiger partial charge in [-0.2, -0.15) is 0 Å². The Morgan fingerprint density at radius 3 is 2.85 bits per heavy atom. The zero-order valence-corrected chi connectivity index (χ0v) is 13.1. The van der Waals surface area contributed by atoms with Crippen LogP contribution in [0.5, 0.6) is 0 Å². The van der Waals surface area contributed by atoms with Gasteiger partial charge in [0.1, 0.15) is 0 Å². The molecule has 1 amide bonds. The SMILES string of the molecule is CC(C(=O)N1CCc2c(Cl)cccc2C1)C1CNC1.Cl. The Bertz CT molecular complexity index is 503. The Hall–Kier alpha value is -0.770. The maximum Gasteiger partial charge on any atom is 0.226 e. The molecule has 2 aliphatic rings. The minimum absolute atomic E-state index is 0. The zero-order valence-electron chi connectivity index (χ0n) is 11.6. The summed E-state index contributed by atoms with van der Waals surface area (Å²) in [6.45, 7) is 5.51. The molecule has 3 nitrogen and oxygen atoms in total. The first kappa shape index (κ1) is 15.6. The lowest BCUT2D eigenvalue weighted by molar-refractivity contribution is -0.138. The monoisotopic (exact) mass is 314 g/mol. The fourth-order valence-electron chi connectivity index (χ4n) is 2.91. The molecule has 0 bridgehead atoms. The van der Waals surface area contributed by atoms with Gasteiger partial charge >= 0.3 is 0 Å². The van der Waals surface area contributed by atoms with Gasteiger partial charge in [-0.05, 0) is 42.6 Å². The van der Waals surface area contributed by atoms with Crippen molar-refractivity contribution in [2.75, 3.05) is 19.6 Å². The Morgan fingerprint density at radius 2 is 2.20 bits per heavy atom. The first-order valence-corrected chi connectivity index (χ1v) is 7.30. The number of nitrogens with one attached hydrogen (secondary N) is 1. The number of hydrogen-bond acceptors (Lipinski definition) is 2. The highest BCUT2D eigenvalue weighted by Gasteiger charge is 2.32. The second-order valence-corrected chi connectivity index (χ2v) is 6.00. The molecule has 0 radical (unpaired) electrons. The Morgan fingerprint density at radius 1 is 1.45 bits per heavy atom. The molecule has 5 heteroatoms. The van der Waals surface area contributed by atoms with E-state index in [1.165, 1.54) is 11.1 Å². The molecule has 1 aromatic rings. The van der Waals surface area contributed by atoms with Crippen molar-refractivity contribution in [1.29, 1.82) is 0 Å². The van der Waals surface area contributed by atoms with Crippen LogP contribution in [0.2, 0.25) is 5.02 Å². The fraction of sp³-hybridized carbons (Fsp3) is 0.533. The summed E-state index contributed by atoms with van der Waals surface area (Å²) in [5.74, 6) is 0.923. The highest BCUT2D eigenvalue weighted by molar-refractivity contribution is 6.31. The van der Waals surface area contributed by atoms with E-state index in [9.17, 15) is 4.79 Å². The van der Waals surface area contributed by atoms with E-state index in [1.807, 2.05) is 17.0 Å². The number of amides is 1. The van der Waals surface area contributed by atoms with Gasteiger partial charge in [-0.3, -0.25) is 4.79 Å². The van der Waals surface area contributed by atoms with Gasteiger partial charge in [-0.15, -0.1) is 12.4 Å². The number of rotatable bonds is 2. The number of benzene rings is 1. The molecule has 1 aromatic carbocycles. The minimum atomic E-state index is 0. The summed E-state index contributed by atoms with van der Waals surface area (Å²) in [5, 5.41) is 4.07. The van der Waals surface area contributed by atoms with Gasteiger partial charge in [0.25, 0.3) is 0 Å².